The molecule has 0 saturated heterocycles. The average Bonchev–Trinajstić information content (AvgIpc) is 2.19. The van der Waals surface area contributed by atoms with E-state index in [9.17, 15) is 0 Å². The molecule has 0 aromatic rings. The van der Waals surface area contributed by atoms with E-state index in [1.54, 1.807) is 21.3 Å². The molecule has 0 heterocycles. The van der Waals surface area contributed by atoms with Crippen molar-refractivity contribution in [2.75, 3.05) is 21.3 Å². The minimum Gasteiger partial charge on any atom is -0.374 e. The van der Waals surface area contributed by atoms with Gasteiger partial charge in [-0.3, -0.25) is 0 Å². The molecule has 0 aliphatic carbocycles. The van der Waals surface area contributed by atoms with E-state index in [-0.39, 0.29) is 0 Å². The SMILES string of the molecule is CCCC(=C(C)C)[Si](OC)(OC)OC. The maximum absolute atomic E-state index is 5.45. The molecule has 14 heavy (non-hydrogen) atoms. The van der Waals surface area contributed by atoms with Gasteiger partial charge in [-0.05, 0) is 25.5 Å². The molecule has 0 atom stereocenters. The molecule has 0 saturated carbocycles. The minimum atomic E-state index is -2.55. The second-order valence-electron chi connectivity index (χ2n) is 3.40. The molecule has 84 valence electrons. The van der Waals surface area contributed by atoms with Crippen LogP contribution in [0.5, 0.6) is 0 Å². The third-order valence-electron chi connectivity index (χ3n) is 2.28. The van der Waals surface area contributed by atoms with Crippen molar-refractivity contribution in [3.63, 3.8) is 0 Å². The van der Waals surface area contributed by atoms with Crippen LogP contribution in [0.4, 0.5) is 0 Å². The first-order chi connectivity index (χ1) is 6.57. The Bertz CT molecular complexity index is 185. The van der Waals surface area contributed by atoms with Crippen molar-refractivity contribution in [3.05, 3.63) is 10.8 Å². The Morgan fingerprint density at radius 2 is 1.43 bits per heavy atom. The molecule has 0 fully saturated rings. The lowest BCUT2D eigenvalue weighted by atomic mass is 10.2. The Morgan fingerprint density at radius 3 is 1.64 bits per heavy atom. The number of hydrogen-bond acceptors (Lipinski definition) is 3. The van der Waals surface area contributed by atoms with Gasteiger partial charge in [-0.1, -0.05) is 18.9 Å². The summed E-state index contributed by atoms with van der Waals surface area (Å²) >= 11 is 0. The molecule has 0 aliphatic rings. The van der Waals surface area contributed by atoms with E-state index in [2.05, 4.69) is 20.8 Å². The lowest BCUT2D eigenvalue weighted by Gasteiger charge is -2.28. The molecule has 0 aromatic heterocycles. The first-order valence-corrected chi connectivity index (χ1v) is 6.62. The summed E-state index contributed by atoms with van der Waals surface area (Å²) in [5.41, 5.74) is 1.24. The van der Waals surface area contributed by atoms with E-state index in [0.29, 0.717) is 0 Å². The topological polar surface area (TPSA) is 27.7 Å². The number of hydrogen-bond donors (Lipinski definition) is 0. The molecule has 0 unspecified atom stereocenters. The Morgan fingerprint density at radius 1 is 1.00 bits per heavy atom. The largest absolute Gasteiger partial charge is 0.532 e. The second kappa shape index (κ2) is 6.34. The van der Waals surface area contributed by atoms with Crippen molar-refractivity contribution in [1.29, 1.82) is 0 Å². The Labute approximate surface area is 88.4 Å². The molecule has 0 spiro atoms. The highest BCUT2D eigenvalue weighted by Gasteiger charge is 2.42. The van der Waals surface area contributed by atoms with Gasteiger partial charge in [0.25, 0.3) is 0 Å². The van der Waals surface area contributed by atoms with Gasteiger partial charge < -0.3 is 13.3 Å². The van der Waals surface area contributed by atoms with Crippen LogP contribution in [0.2, 0.25) is 0 Å². The fourth-order valence-corrected chi connectivity index (χ4v) is 3.99. The normalized spacial score (nSPS) is 11.6. The van der Waals surface area contributed by atoms with Crippen LogP contribution in [-0.2, 0) is 13.3 Å². The summed E-state index contributed by atoms with van der Waals surface area (Å²) in [6.45, 7) is 6.29. The van der Waals surface area contributed by atoms with Crippen LogP contribution >= 0.6 is 0 Å². The minimum absolute atomic E-state index is 0.976. The zero-order chi connectivity index (χ0) is 11.2. The van der Waals surface area contributed by atoms with Gasteiger partial charge in [0, 0.05) is 21.3 Å². The summed E-state index contributed by atoms with van der Waals surface area (Å²) in [6, 6.07) is 0. The molecule has 0 radical (unpaired) electrons. The molecule has 0 bridgehead atoms. The van der Waals surface area contributed by atoms with Gasteiger partial charge in [0.1, 0.15) is 0 Å². The Balaban J connectivity index is 5.02. The standard InChI is InChI=1S/C10H22O3Si/c1-7-8-10(9(2)3)14(11-4,12-5)13-6/h7-8H2,1-6H3. The quantitative estimate of drug-likeness (QED) is 0.641. The summed E-state index contributed by atoms with van der Waals surface area (Å²) in [5.74, 6) is 0. The predicted octanol–water partition coefficient (Wildman–Crippen LogP) is 2.54. The van der Waals surface area contributed by atoms with E-state index >= 15 is 0 Å². The van der Waals surface area contributed by atoms with Crippen LogP contribution in [0.1, 0.15) is 33.6 Å². The summed E-state index contributed by atoms with van der Waals surface area (Å²) in [4.78, 5) is 0. The van der Waals surface area contributed by atoms with Crippen LogP contribution in [0, 0.1) is 0 Å². The zero-order valence-electron chi connectivity index (χ0n) is 10.1. The van der Waals surface area contributed by atoms with Crippen LogP contribution in [0.15, 0.2) is 10.8 Å². The van der Waals surface area contributed by atoms with Crippen molar-refractivity contribution >= 4 is 8.80 Å². The maximum Gasteiger partial charge on any atom is 0.532 e. The predicted molar refractivity (Wildman–Crippen MR) is 60.1 cm³/mol. The third kappa shape index (κ3) is 2.92. The average molecular weight is 218 g/mol. The molecular formula is C10H22O3Si. The highest BCUT2D eigenvalue weighted by molar-refractivity contribution is 6.68. The molecule has 0 amide bonds. The number of allylic oxidation sites excluding steroid dienone is 2. The van der Waals surface area contributed by atoms with E-state index in [1.165, 1.54) is 10.8 Å². The summed E-state index contributed by atoms with van der Waals surface area (Å²) in [7, 11) is 2.40. The van der Waals surface area contributed by atoms with E-state index in [1.807, 2.05) is 0 Å². The second-order valence-corrected chi connectivity index (χ2v) is 6.34. The van der Waals surface area contributed by atoms with Crippen LogP contribution < -0.4 is 0 Å². The molecule has 0 N–H and O–H groups in total. The van der Waals surface area contributed by atoms with Gasteiger partial charge in [-0.2, -0.15) is 0 Å². The van der Waals surface area contributed by atoms with Crippen molar-refractivity contribution in [2.45, 2.75) is 33.6 Å². The molecule has 4 heteroatoms. The first-order valence-electron chi connectivity index (χ1n) is 4.90. The third-order valence-corrected chi connectivity index (χ3v) is 5.38. The molecule has 0 aromatic carbocycles. The lowest BCUT2D eigenvalue weighted by molar-refractivity contribution is 0.133. The number of rotatable bonds is 6. The van der Waals surface area contributed by atoms with Crippen molar-refractivity contribution < 1.29 is 13.3 Å². The Kier molecular flexibility index (Phi) is 6.27. The lowest BCUT2D eigenvalue weighted by Crippen LogP contribution is -2.46. The zero-order valence-corrected chi connectivity index (χ0v) is 11.1. The first kappa shape index (κ1) is 13.8. The fraction of sp³-hybridized carbons (Fsp3) is 0.800. The molecule has 3 nitrogen and oxygen atoms in total. The smallest absolute Gasteiger partial charge is 0.374 e. The van der Waals surface area contributed by atoms with Crippen LogP contribution in [0.3, 0.4) is 0 Å². The highest BCUT2D eigenvalue weighted by atomic mass is 28.4. The van der Waals surface area contributed by atoms with Crippen LogP contribution in [0.25, 0.3) is 0 Å². The van der Waals surface area contributed by atoms with Gasteiger partial charge in [0.2, 0.25) is 0 Å². The van der Waals surface area contributed by atoms with Crippen LogP contribution in [-0.4, -0.2) is 30.1 Å². The van der Waals surface area contributed by atoms with Crippen molar-refractivity contribution in [3.8, 4) is 0 Å². The monoisotopic (exact) mass is 218 g/mol. The van der Waals surface area contributed by atoms with Gasteiger partial charge in [-0.25, -0.2) is 0 Å². The van der Waals surface area contributed by atoms with E-state index in [4.69, 9.17) is 13.3 Å². The fourth-order valence-electron chi connectivity index (χ4n) is 1.58. The molecular weight excluding hydrogens is 196 g/mol. The van der Waals surface area contributed by atoms with E-state index < -0.39 is 8.80 Å². The Hall–Kier alpha value is -0.163. The van der Waals surface area contributed by atoms with Crippen molar-refractivity contribution in [2.24, 2.45) is 0 Å². The van der Waals surface area contributed by atoms with Gasteiger partial charge in [0.05, 0.1) is 0 Å². The molecule has 0 rings (SSSR count). The maximum atomic E-state index is 5.45. The summed E-state index contributed by atoms with van der Waals surface area (Å²) in [5, 5.41) is 1.20. The summed E-state index contributed by atoms with van der Waals surface area (Å²) in [6.07, 6.45) is 2.05. The van der Waals surface area contributed by atoms with E-state index in [0.717, 1.165) is 12.8 Å². The van der Waals surface area contributed by atoms with Gasteiger partial charge >= 0.3 is 8.80 Å². The van der Waals surface area contributed by atoms with Gasteiger partial charge in [-0.15, -0.1) is 0 Å². The highest BCUT2D eigenvalue weighted by Crippen LogP contribution is 2.25. The molecule has 0 aliphatic heterocycles. The summed E-state index contributed by atoms with van der Waals surface area (Å²) < 4.78 is 16.3. The van der Waals surface area contributed by atoms with Crippen molar-refractivity contribution in [1.82, 2.24) is 0 Å². The van der Waals surface area contributed by atoms with Gasteiger partial charge in [0.15, 0.2) is 0 Å².